The van der Waals surface area contributed by atoms with Crippen LogP contribution in [0.15, 0.2) is 47.4 Å². The molecule has 1 N–H and O–H groups in total. The van der Waals surface area contributed by atoms with Crippen LogP contribution >= 0.6 is 0 Å². The number of sulfone groups is 1. The largest absolute Gasteiger partial charge is 0.449 e. The molecule has 0 aromatic heterocycles. The number of halogens is 2. The zero-order chi connectivity index (χ0) is 19.5. The number of hydrogen-bond donors (Lipinski definition) is 1. The van der Waals surface area contributed by atoms with Crippen LogP contribution in [0.2, 0.25) is 0 Å². The minimum Gasteiger partial charge on any atom is -0.449 e. The highest BCUT2D eigenvalue weighted by Gasteiger charge is 2.20. The van der Waals surface area contributed by atoms with E-state index in [2.05, 4.69) is 5.32 Å². The highest BCUT2D eigenvalue weighted by molar-refractivity contribution is 7.90. The van der Waals surface area contributed by atoms with Crippen LogP contribution in [-0.4, -0.2) is 32.7 Å². The molecule has 26 heavy (non-hydrogen) atoms. The molecule has 0 aliphatic carbocycles. The van der Waals surface area contributed by atoms with Crippen LogP contribution in [0.3, 0.4) is 0 Å². The molecule has 1 amide bonds. The average Bonchev–Trinajstić information content (AvgIpc) is 2.57. The summed E-state index contributed by atoms with van der Waals surface area (Å²) in [5.74, 6) is -3.30. The monoisotopic (exact) mass is 383 g/mol. The van der Waals surface area contributed by atoms with E-state index in [0.717, 1.165) is 24.5 Å². The lowest BCUT2D eigenvalue weighted by Gasteiger charge is -2.14. The van der Waals surface area contributed by atoms with Gasteiger partial charge in [0.1, 0.15) is 11.6 Å². The van der Waals surface area contributed by atoms with E-state index in [9.17, 15) is 26.8 Å². The molecule has 2 aromatic rings. The molecule has 0 saturated heterocycles. The number of carbonyl (C=O) groups excluding carboxylic acids is 2. The van der Waals surface area contributed by atoms with Crippen molar-refractivity contribution in [2.75, 3.05) is 11.6 Å². The predicted octanol–water partition coefficient (Wildman–Crippen LogP) is 2.55. The van der Waals surface area contributed by atoms with Crippen LogP contribution in [0.4, 0.5) is 14.5 Å². The normalized spacial score (nSPS) is 12.3. The molecule has 0 aliphatic heterocycles. The second kappa shape index (κ2) is 7.61. The Morgan fingerprint density at radius 2 is 1.69 bits per heavy atom. The molecule has 2 aromatic carbocycles. The Morgan fingerprint density at radius 3 is 2.27 bits per heavy atom. The standard InChI is InChI=1S/C17H15F2NO5S/c1-10(16(21)20-15-9-12(18)5-8-14(15)19)25-17(22)11-3-6-13(7-4-11)26(2,23)24/h3-10H,1-2H3,(H,20,21)/t10-/m1/s1. The van der Waals surface area contributed by atoms with Gasteiger partial charge in [-0.1, -0.05) is 0 Å². The van der Waals surface area contributed by atoms with Crippen LogP contribution in [0.25, 0.3) is 0 Å². The summed E-state index contributed by atoms with van der Waals surface area (Å²) < 4.78 is 54.3. The second-order valence-corrected chi connectivity index (χ2v) is 7.47. The summed E-state index contributed by atoms with van der Waals surface area (Å²) in [4.78, 5) is 24.0. The average molecular weight is 383 g/mol. The fraction of sp³-hybridized carbons (Fsp3) is 0.176. The maximum atomic E-state index is 13.5. The molecule has 0 unspecified atom stereocenters. The van der Waals surface area contributed by atoms with Crippen LogP contribution in [0.5, 0.6) is 0 Å². The van der Waals surface area contributed by atoms with Gasteiger partial charge in [-0.2, -0.15) is 0 Å². The summed E-state index contributed by atoms with van der Waals surface area (Å²) in [5.41, 5.74) is -0.343. The first-order valence-electron chi connectivity index (χ1n) is 7.35. The molecule has 1 atom stereocenters. The Morgan fingerprint density at radius 1 is 1.08 bits per heavy atom. The lowest BCUT2D eigenvalue weighted by Crippen LogP contribution is -2.30. The van der Waals surface area contributed by atoms with E-state index in [1.165, 1.54) is 31.2 Å². The Balaban J connectivity index is 2.04. The zero-order valence-electron chi connectivity index (χ0n) is 13.8. The molecule has 0 radical (unpaired) electrons. The summed E-state index contributed by atoms with van der Waals surface area (Å²) in [7, 11) is -3.41. The first-order valence-corrected chi connectivity index (χ1v) is 9.24. The number of anilines is 1. The van der Waals surface area contributed by atoms with Crippen molar-refractivity contribution in [2.24, 2.45) is 0 Å². The lowest BCUT2D eigenvalue weighted by molar-refractivity contribution is -0.123. The lowest BCUT2D eigenvalue weighted by atomic mass is 10.2. The fourth-order valence-corrected chi connectivity index (χ4v) is 2.58. The third kappa shape index (κ3) is 4.85. The molecule has 0 heterocycles. The molecule has 9 heteroatoms. The van der Waals surface area contributed by atoms with Gasteiger partial charge in [0.05, 0.1) is 16.1 Å². The van der Waals surface area contributed by atoms with Gasteiger partial charge >= 0.3 is 5.97 Å². The van der Waals surface area contributed by atoms with Crippen LogP contribution in [0.1, 0.15) is 17.3 Å². The van der Waals surface area contributed by atoms with E-state index in [1.807, 2.05) is 0 Å². The van der Waals surface area contributed by atoms with Crippen molar-refractivity contribution in [3.8, 4) is 0 Å². The summed E-state index contributed by atoms with van der Waals surface area (Å²) in [6, 6.07) is 7.51. The van der Waals surface area contributed by atoms with Gasteiger partial charge in [-0.15, -0.1) is 0 Å². The van der Waals surface area contributed by atoms with Crippen molar-refractivity contribution < 1.29 is 31.5 Å². The van der Waals surface area contributed by atoms with Crippen molar-refractivity contribution in [3.63, 3.8) is 0 Å². The fourth-order valence-electron chi connectivity index (χ4n) is 1.95. The molecule has 0 fully saturated rings. The number of esters is 1. The number of nitrogens with one attached hydrogen (secondary N) is 1. The maximum absolute atomic E-state index is 13.5. The number of amides is 1. The summed E-state index contributed by atoms with van der Waals surface area (Å²) in [5, 5.41) is 2.13. The number of benzene rings is 2. The molecular weight excluding hydrogens is 368 g/mol. The van der Waals surface area contributed by atoms with Crippen LogP contribution < -0.4 is 5.32 Å². The Bertz CT molecular complexity index is 942. The molecular formula is C17H15F2NO5S. The molecule has 0 spiro atoms. The van der Waals surface area contributed by atoms with Crippen LogP contribution in [-0.2, 0) is 19.4 Å². The van der Waals surface area contributed by atoms with E-state index < -0.39 is 39.5 Å². The Kier molecular flexibility index (Phi) is 5.71. The third-order valence-electron chi connectivity index (χ3n) is 3.36. The molecule has 138 valence electrons. The van der Waals surface area contributed by atoms with Crippen molar-refractivity contribution in [3.05, 3.63) is 59.7 Å². The topological polar surface area (TPSA) is 89.5 Å². The first-order chi connectivity index (χ1) is 12.1. The van der Waals surface area contributed by atoms with E-state index in [0.29, 0.717) is 0 Å². The van der Waals surface area contributed by atoms with E-state index in [4.69, 9.17) is 4.74 Å². The number of hydrogen-bond acceptors (Lipinski definition) is 5. The zero-order valence-corrected chi connectivity index (χ0v) is 14.6. The minimum absolute atomic E-state index is 0.0291. The molecule has 0 bridgehead atoms. The molecule has 0 saturated carbocycles. The number of carbonyl (C=O) groups is 2. The van der Waals surface area contributed by atoms with E-state index in [1.54, 1.807) is 0 Å². The van der Waals surface area contributed by atoms with E-state index in [-0.39, 0.29) is 16.1 Å². The smallest absolute Gasteiger partial charge is 0.338 e. The van der Waals surface area contributed by atoms with Gasteiger partial charge in [0.2, 0.25) is 0 Å². The number of rotatable bonds is 5. The van der Waals surface area contributed by atoms with Gasteiger partial charge in [-0.25, -0.2) is 22.0 Å². The SMILES string of the molecule is C[C@@H](OC(=O)c1ccc(S(C)(=O)=O)cc1)C(=O)Nc1cc(F)ccc1F. The van der Waals surface area contributed by atoms with Gasteiger partial charge < -0.3 is 10.1 Å². The van der Waals surface area contributed by atoms with E-state index >= 15 is 0 Å². The van der Waals surface area contributed by atoms with Crippen molar-refractivity contribution in [2.45, 2.75) is 17.9 Å². The molecule has 6 nitrogen and oxygen atoms in total. The summed E-state index contributed by atoms with van der Waals surface area (Å²) >= 11 is 0. The summed E-state index contributed by atoms with van der Waals surface area (Å²) in [6.45, 7) is 1.26. The Labute approximate surface area is 148 Å². The minimum atomic E-state index is -3.41. The molecule has 0 aliphatic rings. The van der Waals surface area contributed by atoms with Gasteiger partial charge in [0, 0.05) is 12.3 Å². The third-order valence-corrected chi connectivity index (χ3v) is 4.49. The Hall–Kier alpha value is -2.81. The van der Waals surface area contributed by atoms with Crippen molar-refractivity contribution >= 4 is 27.4 Å². The van der Waals surface area contributed by atoms with Gasteiger partial charge in [-0.3, -0.25) is 4.79 Å². The van der Waals surface area contributed by atoms with Gasteiger partial charge in [-0.05, 0) is 43.3 Å². The van der Waals surface area contributed by atoms with Gasteiger partial charge in [0.25, 0.3) is 5.91 Å². The van der Waals surface area contributed by atoms with Crippen molar-refractivity contribution in [1.29, 1.82) is 0 Å². The summed E-state index contributed by atoms with van der Waals surface area (Å²) in [6.07, 6.45) is -0.266. The quantitative estimate of drug-likeness (QED) is 0.802. The maximum Gasteiger partial charge on any atom is 0.338 e. The van der Waals surface area contributed by atoms with Gasteiger partial charge in [0.15, 0.2) is 15.9 Å². The van der Waals surface area contributed by atoms with Crippen LogP contribution in [0, 0.1) is 11.6 Å². The first kappa shape index (κ1) is 19.5. The second-order valence-electron chi connectivity index (χ2n) is 5.46. The highest BCUT2D eigenvalue weighted by atomic mass is 32.2. The predicted molar refractivity (Wildman–Crippen MR) is 89.4 cm³/mol. The van der Waals surface area contributed by atoms with Crippen molar-refractivity contribution in [1.82, 2.24) is 0 Å². The molecule has 2 rings (SSSR count). The number of ether oxygens (including phenoxy) is 1. The highest BCUT2D eigenvalue weighted by Crippen LogP contribution is 2.16.